The molecule has 0 aromatic heterocycles. The zero-order valence-electron chi connectivity index (χ0n) is 11.8. The van der Waals surface area contributed by atoms with Gasteiger partial charge >= 0.3 is 5.97 Å². The quantitative estimate of drug-likeness (QED) is 0.887. The largest absolute Gasteiger partial charge is 0.481 e. The molecule has 3 nitrogen and oxygen atoms in total. The van der Waals surface area contributed by atoms with Crippen molar-refractivity contribution in [3.63, 3.8) is 0 Å². The summed E-state index contributed by atoms with van der Waals surface area (Å²) in [7, 11) is 0. The summed E-state index contributed by atoms with van der Waals surface area (Å²) in [5.74, 6) is -1.18. The van der Waals surface area contributed by atoms with Crippen molar-refractivity contribution >= 4 is 5.97 Å². The molecule has 0 fully saturated rings. The minimum absolute atomic E-state index is 0.109. The summed E-state index contributed by atoms with van der Waals surface area (Å²) in [5.41, 5.74) is 9.58. The van der Waals surface area contributed by atoms with Gasteiger partial charge in [0.15, 0.2) is 0 Å². The predicted molar refractivity (Wildman–Crippen MR) is 79.6 cm³/mol. The number of carboxylic acid groups (broad SMARTS) is 1. The lowest BCUT2D eigenvalue weighted by Crippen LogP contribution is -2.15. The third kappa shape index (κ3) is 4.13. The highest BCUT2D eigenvalue weighted by Crippen LogP contribution is 2.20. The normalized spacial score (nSPS) is 12.1. The van der Waals surface area contributed by atoms with Gasteiger partial charge in [-0.15, -0.1) is 0 Å². The SMILES string of the molecule is Cc1ccc(F)cc1Cc1cccc([C@@H](N)CC(=O)O)c1. The third-order valence-electron chi connectivity index (χ3n) is 3.48. The molecule has 0 radical (unpaired) electrons. The van der Waals surface area contributed by atoms with Gasteiger partial charge in [0.2, 0.25) is 0 Å². The van der Waals surface area contributed by atoms with E-state index < -0.39 is 12.0 Å². The molecule has 3 N–H and O–H groups in total. The predicted octanol–water partition coefficient (Wildman–Crippen LogP) is 3.20. The van der Waals surface area contributed by atoms with Crippen LogP contribution in [0.1, 0.15) is 34.7 Å². The zero-order valence-corrected chi connectivity index (χ0v) is 11.8. The number of hydrogen-bond donors (Lipinski definition) is 2. The van der Waals surface area contributed by atoms with Crippen molar-refractivity contribution in [1.82, 2.24) is 0 Å². The summed E-state index contributed by atoms with van der Waals surface area (Å²) in [6.07, 6.45) is 0.486. The van der Waals surface area contributed by atoms with Crippen LogP contribution in [0.2, 0.25) is 0 Å². The maximum absolute atomic E-state index is 13.3. The second kappa shape index (κ2) is 6.50. The molecule has 0 saturated heterocycles. The van der Waals surface area contributed by atoms with Crippen molar-refractivity contribution in [3.05, 3.63) is 70.5 Å². The molecule has 0 unspecified atom stereocenters. The van der Waals surface area contributed by atoms with Gasteiger partial charge in [0, 0.05) is 6.04 Å². The van der Waals surface area contributed by atoms with Crippen molar-refractivity contribution < 1.29 is 14.3 Å². The molecular formula is C17H18FNO2. The average Bonchev–Trinajstić information content (AvgIpc) is 2.42. The van der Waals surface area contributed by atoms with E-state index >= 15 is 0 Å². The summed E-state index contributed by atoms with van der Waals surface area (Å²) in [5, 5.41) is 8.79. The summed E-state index contributed by atoms with van der Waals surface area (Å²) >= 11 is 0. The highest BCUT2D eigenvalue weighted by Gasteiger charge is 2.11. The molecule has 0 heterocycles. The number of hydrogen-bond acceptors (Lipinski definition) is 2. The Kier molecular flexibility index (Phi) is 4.70. The molecule has 0 aliphatic heterocycles. The molecule has 0 aliphatic carbocycles. The zero-order chi connectivity index (χ0) is 15.4. The first-order chi connectivity index (χ1) is 9.95. The van der Waals surface area contributed by atoms with E-state index in [2.05, 4.69) is 0 Å². The molecule has 2 aromatic rings. The van der Waals surface area contributed by atoms with Crippen LogP contribution >= 0.6 is 0 Å². The molecule has 0 bridgehead atoms. The Balaban J connectivity index is 2.21. The van der Waals surface area contributed by atoms with Crippen molar-refractivity contribution in [2.45, 2.75) is 25.8 Å². The summed E-state index contributed by atoms with van der Waals surface area (Å²) in [6.45, 7) is 1.94. The maximum Gasteiger partial charge on any atom is 0.305 e. The van der Waals surface area contributed by atoms with Crippen LogP contribution in [0.3, 0.4) is 0 Å². The summed E-state index contributed by atoms with van der Waals surface area (Å²) in [4.78, 5) is 10.7. The van der Waals surface area contributed by atoms with Crippen LogP contribution in [0, 0.1) is 12.7 Å². The Hall–Kier alpha value is -2.20. The van der Waals surface area contributed by atoms with E-state index in [1.54, 1.807) is 6.07 Å². The molecule has 2 rings (SSSR count). The molecule has 1 atom stereocenters. The fourth-order valence-corrected chi connectivity index (χ4v) is 2.29. The van der Waals surface area contributed by atoms with Gasteiger partial charge in [-0.05, 0) is 47.7 Å². The number of benzene rings is 2. The third-order valence-corrected chi connectivity index (χ3v) is 3.48. The lowest BCUT2D eigenvalue weighted by molar-refractivity contribution is -0.137. The van der Waals surface area contributed by atoms with Crippen molar-refractivity contribution in [1.29, 1.82) is 0 Å². The van der Waals surface area contributed by atoms with Gasteiger partial charge < -0.3 is 10.8 Å². The Bertz CT molecular complexity index is 655. The molecule has 0 saturated carbocycles. The minimum Gasteiger partial charge on any atom is -0.481 e. The Morgan fingerprint density at radius 2 is 2.05 bits per heavy atom. The van der Waals surface area contributed by atoms with Gasteiger partial charge in [0.05, 0.1) is 6.42 Å². The van der Waals surface area contributed by atoms with Crippen LogP contribution in [-0.2, 0) is 11.2 Å². The van der Waals surface area contributed by atoms with E-state index in [-0.39, 0.29) is 12.2 Å². The Morgan fingerprint density at radius 1 is 1.29 bits per heavy atom. The second-order valence-corrected chi connectivity index (χ2v) is 5.20. The van der Waals surface area contributed by atoms with Crippen LogP contribution in [0.4, 0.5) is 4.39 Å². The molecule has 110 valence electrons. The average molecular weight is 287 g/mol. The van der Waals surface area contributed by atoms with E-state index in [1.807, 2.05) is 31.2 Å². The van der Waals surface area contributed by atoms with Gasteiger partial charge in [-0.1, -0.05) is 30.3 Å². The summed E-state index contributed by atoms with van der Waals surface area (Å²) < 4.78 is 13.3. The Morgan fingerprint density at radius 3 is 2.76 bits per heavy atom. The monoisotopic (exact) mass is 287 g/mol. The highest BCUT2D eigenvalue weighted by molar-refractivity contribution is 5.67. The maximum atomic E-state index is 13.3. The number of aryl methyl sites for hydroxylation is 1. The molecule has 0 amide bonds. The van der Waals surface area contributed by atoms with Crippen LogP contribution < -0.4 is 5.73 Å². The fourth-order valence-electron chi connectivity index (χ4n) is 2.29. The topological polar surface area (TPSA) is 63.3 Å². The number of carboxylic acids is 1. The molecule has 0 aliphatic rings. The fraction of sp³-hybridized carbons (Fsp3) is 0.235. The minimum atomic E-state index is -0.922. The lowest BCUT2D eigenvalue weighted by atomic mass is 9.96. The van der Waals surface area contributed by atoms with Gasteiger partial charge in [-0.3, -0.25) is 4.79 Å². The molecule has 21 heavy (non-hydrogen) atoms. The van der Waals surface area contributed by atoms with Gasteiger partial charge in [0.25, 0.3) is 0 Å². The van der Waals surface area contributed by atoms with E-state index in [4.69, 9.17) is 10.8 Å². The molecular weight excluding hydrogens is 269 g/mol. The smallest absolute Gasteiger partial charge is 0.305 e. The first-order valence-electron chi connectivity index (χ1n) is 6.77. The van der Waals surface area contributed by atoms with Crippen molar-refractivity contribution in [3.8, 4) is 0 Å². The number of halogens is 1. The van der Waals surface area contributed by atoms with E-state index in [1.165, 1.54) is 12.1 Å². The highest BCUT2D eigenvalue weighted by atomic mass is 19.1. The first-order valence-corrected chi connectivity index (χ1v) is 6.77. The molecule has 2 aromatic carbocycles. The van der Waals surface area contributed by atoms with Crippen LogP contribution in [-0.4, -0.2) is 11.1 Å². The Labute approximate surface area is 123 Å². The van der Waals surface area contributed by atoms with Gasteiger partial charge in [-0.25, -0.2) is 4.39 Å². The number of nitrogens with two attached hydrogens (primary N) is 1. The number of carbonyl (C=O) groups is 1. The van der Waals surface area contributed by atoms with Crippen LogP contribution in [0.25, 0.3) is 0 Å². The van der Waals surface area contributed by atoms with Crippen LogP contribution in [0.15, 0.2) is 42.5 Å². The molecule has 4 heteroatoms. The lowest BCUT2D eigenvalue weighted by Gasteiger charge is -2.12. The number of aliphatic carboxylic acids is 1. The standard InChI is InChI=1S/C17H18FNO2/c1-11-5-6-15(18)9-14(11)8-12-3-2-4-13(7-12)16(19)10-17(20)21/h2-7,9,16H,8,10,19H2,1H3,(H,20,21)/t16-/m0/s1. The van der Waals surface area contributed by atoms with E-state index in [9.17, 15) is 9.18 Å². The number of rotatable bonds is 5. The summed E-state index contributed by atoms with van der Waals surface area (Å²) in [6, 6.07) is 11.7. The van der Waals surface area contributed by atoms with Crippen LogP contribution in [0.5, 0.6) is 0 Å². The first kappa shape index (κ1) is 15.2. The second-order valence-electron chi connectivity index (χ2n) is 5.20. The molecule has 0 spiro atoms. The van der Waals surface area contributed by atoms with E-state index in [0.29, 0.717) is 6.42 Å². The van der Waals surface area contributed by atoms with Crippen molar-refractivity contribution in [2.75, 3.05) is 0 Å². The van der Waals surface area contributed by atoms with Crippen molar-refractivity contribution in [2.24, 2.45) is 5.73 Å². The van der Waals surface area contributed by atoms with Gasteiger partial charge in [-0.2, -0.15) is 0 Å². The van der Waals surface area contributed by atoms with Gasteiger partial charge in [0.1, 0.15) is 5.82 Å². The van der Waals surface area contributed by atoms with E-state index in [0.717, 1.165) is 22.3 Å².